The van der Waals surface area contributed by atoms with Gasteiger partial charge >= 0.3 is 0 Å². The number of carboxylic acids is 2. The van der Waals surface area contributed by atoms with Crippen LogP contribution in [-0.4, -0.2) is 24.6 Å². The van der Waals surface area contributed by atoms with Gasteiger partial charge in [0.1, 0.15) is 0 Å². The lowest BCUT2D eigenvalue weighted by Gasteiger charge is -2.22. The first kappa shape index (κ1) is 23.0. The van der Waals surface area contributed by atoms with Crippen LogP contribution in [0.2, 0.25) is 0 Å². The number of ether oxygens (including phenoxy) is 1. The third-order valence-corrected chi connectivity index (χ3v) is 2.65. The van der Waals surface area contributed by atoms with Crippen LogP contribution in [0, 0.1) is 5.92 Å². The zero-order valence-electron chi connectivity index (χ0n) is 12.4. The van der Waals surface area contributed by atoms with Crippen LogP contribution in [0.4, 0.5) is 0 Å². The monoisotopic (exact) mass is 280 g/mol. The minimum atomic E-state index is -1.29. The number of hydrogen-bond donors (Lipinski definition) is 2. The highest BCUT2D eigenvalue weighted by Gasteiger charge is 2.15. The van der Waals surface area contributed by atoms with Crippen molar-refractivity contribution in [1.29, 1.82) is 0 Å². The highest BCUT2D eigenvalue weighted by atomic mass is 16.5. The first-order chi connectivity index (χ1) is 8.02. The van der Waals surface area contributed by atoms with Gasteiger partial charge in [0.25, 0.3) is 0 Å². The molecule has 0 aromatic carbocycles. The summed E-state index contributed by atoms with van der Waals surface area (Å²) in [6, 6.07) is 0. The molecule has 0 aliphatic rings. The predicted octanol–water partition coefficient (Wildman–Crippen LogP) is 0.230. The fraction of sp³-hybridized carbons (Fsp3) is 0.833. The van der Waals surface area contributed by atoms with E-state index in [0.29, 0.717) is 6.42 Å². The molecule has 0 saturated carbocycles. The van der Waals surface area contributed by atoms with Gasteiger partial charge in [0.05, 0.1) is 12.1 Å². The fourth-order valence-corrected chi connectivity index (χ4v) is 1.65. The summed E-state index contributed by atoms with van der Waals surface area (Å²) in [5.41, 5.74) is 0. The fourth-order valence-electron chi connectivity index (χ4n) is 1.65. The Morgan fingerprint density at radius 3 is 1.95 bits per heavy atom. The second-order valence-electron chi connectivity index (χ2n) is 4.00. The van der Waals surface area contributed by atoms with E-state index in [9.17, 15) is 19.8 Å². The number of hydrogen-bond acceptors (Lipinski definition) is 5. The Bertz CT molecular complexity index is 248. The maximum Gasteiger partial charge on any atom is 0.0968 e. The molecule has 0 saturated heterocycles. The summed E-state index contributed by atoms with van der Waals surface area (Å²) in [6.45, 7) is 3.92. The van der Waals surface area contributed by atoms with Crippen LogP contribution in [0.1, 0.15) is 46.0 Å². The van der Waals surface area contributed by atoms with Crippen LogP contribution < -0.4 is 22.5 Å². The molecule has 0 amide bonds. The molecule has 0 heterocycles. The lowest BCUT2D eigenvalue weighted by atomic mass is 9.95. The summed E-state index contributed by atoms with van der Waals surface area (Å²) in [6.07, 6.45) is 1.59. The summed E-state index contributed by atoms with van der Waals surface area (Å²) in [5.74, 6) is -3.01. The molecule has 116 valence electrons. The van der Waals surface area contributed by atoms with Gasteiger partial charge < -0.3 is 36.8 Å². The van der Waals surface area contributed by atoms with Gasteiger partial charge in [-0.25, -0.2) is 0 Å². The van der Waals surface area contributed by atoms with E-state index in [2.05, 4.69) is 0 Å². The molecule has 0 aromatic rings. The van der Waals surface area contributed by atoms with Crippen LogP contribution >= 0.6 is 0 Å². The van der Waals surface area contributed by atoms with Gasteiger partial charge in [0, 0.05) is 12.6 Å². The SMILES string of the molecule is CCCCC(CCC(OCC)C(=O)[O-])C(=O)[O-].[NH4+].[NH4+]. The Hall–Kier alpha value is -1.18. The van der Waals surface area contributed by atoms with Gasteiger partial charge in [0.2, 0.25) is 0 Å². The minimum Gasteiger partial charge on any atom is -0.550 e. The van der Waals surface area contributed by atoms with E-state index >= 15 is 0 Å². The molecule has 0 radical (unpaired) electrons. The molecular weight excluding hydrogens is 252 g/mol. The van der Waals surface area contributed by atoms with Crippen LogP contribution in [0.3, 0.4) is 0 Å². The molecule has 0 fully saturated rings. The zero-order valence-corrected chi connectivity index (χ0v) is 12.4. The lowest BCUT2D eigenvalue weighted by Crippen LogP contribution is -2.39. The van der Waals surface area contributed by atoms with Gasteiger partial charge in [0.15, 0.2) is 0 Å². The van der Waals surface area contributed by atoms with Gasteiger partial charge in [-0.05, 0) is 32.1 Å². The number of carbonyl (C=O) groups is 2. The minimum absolute atomic E-state index is 0. The number of quaternary nitrogens is 2. The third kappa shape index (κ3) is 10.4. The van der Waals surface area contributed by atoms with E-state index < -0.39 is 24.0 Å². The Balaban J connectivity index is -0.00000128. The number of carboxylic acid groups (broad SMARTS) is 2. The van der Waals surface area contributed by atoms with Crippen molar-refractivity contribution in [3.63, 3.8) is 0 Å². The normalized spacial score (nSPS) is 12.7. The van der Waals surface area contributed by atoms with E-state index in [1.54, 1.807) is 6.92 Å². The summed E-state index contributed by atoms with van der Waals surface area (Å²) >= 11 is 0. The Kier molecular flexibility index (Phi) is 16.0. The molecule has 8 N–H and O–H groups in total. The van der Waals surface area contributed by atoms with Crippen molar-refractivity contribution < 1.29 is 24.5 Å². The molecule has 2 atom stereocenters. The number of carbonyl (C=O) groups excluding carboxylic acids is 2. The largest absolute Gasteiger partial charge is 0.550 e. The van der Waals surface area contributed by atoms with E-state index in [-0.39, 0.29) is 31.7 Å². The number of unbranched alkanes of at least 4 members (excludes halogenated alkanes) is 1. The molecule has 2 unspecified atom stereocenters. The van der Waals surface area contributed by atoms with Gasteiger partial charge in [-0.3, -0.25) is 0 Å². The van der Waals surface area contributed by atoms with Crippen molar-refractivity contribution in [1.82, 2.24) is 12.3 Å². The number of aliphatic carboxylic acids is 2. The highest BCUT2D eigenvalue weighted by molar-refractivity contribution is 5.70. The third-order valence-electron chi connectivity index (χ3n) is 2.65. The molecule has 0 bridgehead atoms. The van der Waals surface area contributed by atoms with Gasteiger partial charge in [-0.2, -0.15) is 0 Å². The highest BCUT2D eigenvalue weighted by Crippen LogP contribution is 2.16. The molecule has 0 aliphatic heterocycles. The van der Waals surface area contributed by atoms with E-state index in [4.69, 9.17) is 4.74 Å². The first-order valence-corrected chi connectivity index (χ1v) is 6.06. The van der Waals surface area contributed by atoms with Gasteiger partial charge in [-0.15, -0.1) is 0 Å². The maximum atomic E-state index is 10.8. The standard InChI is InChI=1S/C12H22O5.2H3N/c1-3-5-6-9(11(13)14)7-8-10(12(15)16)17-4-2;;/h9-10H,3-8H2,1-2H3,(H,13,14)(H,15,16);2*1H3. The number of rotatable bonds is 10. The molecular formula is C12H28N2O5. The second kappa shape index (κ2) is 13.3. The average Bonchev–Trinajstić information content (AvgIpc) is 2.26. The topological polar surface area (TPSA) is 162 Å². The molecule has 0 rings (SSSR count). The summed E-state index contributed by atoms with van der Waals surface area (Å²) in [5, 5.41) is 21.5. The lowest BCUT2D eigenvalue weighted by molar-refractivity contribution is -0.319. The van der Waals surface area contributed by atoms with Crippen molar-refractivity contribution in [3.05, 3.63) is 0 Å². The summed E-state index contributed by atoms with van der Waals surface area (Å²) in [7, 11) is 0. The van der Waals surface area contributed by atoms with E-state index in [0.717, 1.165) is 12.8 Å². The molecule has 0 aromatic heterocycles. The van der Waals surface area contributed by atoms with Crippen molar-refractivity contribution in [3.8, 4) is 0 Å². The zero-order chi connectivity index (χ0) is 13.3. The summed E-state index contributed by atoms with van der Waals surface area (Å²) in [4.78, 5) is 21.5. The van der Waals surface area contributed by atoms with Crippen molar-refractivity contribution >= 4 is 11.9 Å². The predicted molar refractivity (Wildman–Crippen MR) is 69.6 cm³/mol. The smallest absolute Gasteiger partial charge is 0.0968 e. The van der Waals surface area contributed by atoms with Crippen LogP contribution in [0.5, 0.6) is 0 Å². The molecule has 0 spiro atoms. The molecule has 0 aliphatic carbocycles. The average molecular weight is 280 g/mol. The Morgan fingerprint density at radius 2 is 1.58 bits per heavy atom. The second-order valence-corrected chi connectivity index (χ2v) is 4.00. The Morgan fingerprint density at radius 1 is 1.00 bits per heavy atom. The van der Waals surface area contributed by atoms with E-state index in [1.165, 1.54) is 0 Å². The van der Waals surface area contributed by atoms with Crippen molar-refractivity contribution in [2.75, 3.05) is 6.61 Å². The van der Waals surface area contributed by atoms with E-state index in [1.807, 2.05) is 6.92 Å². The van der Waals surface area contributed by atoms with Crippen LogP contribution in [-0.2, 0) is 14.3 Å². The van der Waals surface area contributed by atoms with Crippen LogP contribution in [0.15, 0.2) is 0 Å². The van der Waals surface area contributed by atoms with Crippen molar-refractivity contribution in [2.24, 2.45) is 5.92 Å². The first-order valence-electron chi connectivity index (χ1n) is 6.06. The van der Waals surface area contributed by atoms with Gasteiger partial charge in [-0.1, -0.05) is 19.8 Å². The van der Waals surface area contributed by atoms with Crippen LogP contribution in [0.25, 0.3) is 0 Å². The molecule has 7 heteroatoms. The molecule has 19 heavy (non-hydrogen) atoms. The maximum absolute atomic E-state index is 10.8. The quantitative estimate of drug-likeness (QED) is 0.584. The summed E-state index contributed by atoms with van der Waals surface area (Å²) < 4.78 is 4.96. The Labute approximate surface area is 114 Å². The molecule has 7 nitrogen and oxygen atoms in total. The van der Waals surface area contributed by atoms with Crippen molar-refractivity contribution in [2.45, 2.75) is 52.1 Å².